The minimum Gasteiger partial charge on any atom is -0.493 e. The average Bonchev–Trinajstić information content (AvgIpc) is 3.37. The minimum absolute atomic E-state index is 0.122. The molecule has 0 aliphatic carbocycles. The Labute approximate surface area is 276 Å². The number of hydrogen-bond acceptors (Lipinski definition) is 8. The topological polar surface area (TPSA) is 88.4 Å². The summed E-state index contributed by atoms with van der Waals surface area (Å²) < 4.78 is 25.7. The number of para-hydroxylation sites is 2. The Bertz CT molecular complexity index is 2170. The van der Waals surface area contributed by atoms with Gasteiger partial charge in [0.25, 0.3) is 5.56 Å². The number of hydrogen-bond donors (Lipinski definition) is 0. The SMILES string of the molecule is CCOC(=O)C1=C(C)N=c2s/c(=C\c3cccc(OC)c3OCc3cccc4ccccc34)c(=O)n2[C@H]1c1ccccc1OC(C)C. The second kappa shape index (κ2) is 13.7. The van der Waals surface area contributed by atoms with Gasteiger partial charge in [0.15, 0.2) is 16.3 Å². The molecule has 1 aliphatic rings. The van der Waals surface area contributed by atoms with E-state index in [1.54, 1.807) is 31.6 Å². The minimum atomic E-state index is -0.796. The highest BCUT2D eigenvalue weighted by Gasteiger charge is 2.35. The number of esters is 1. The largest absolute Gasteiger partial charge is 0.493 e. The number of thiazole rings is 1. The summed E-state index contributed by atoms with van der Waals surface area (Å²) in [5, 5.41) is 2.23. The van der Waals surface area contributed by atoms with Crippen LogP contribution in [-0.4, -0.2) is 30.4 Å². The number of carbonyl (C=O) groups is 1. The van der Waals surface area contributed by atoms with Crippen LogP contribution in [0.1, 0.15) is 50.4 Å². The predicted octanol–water partition coefficient (Wildman–Crippen LogP) is 6.33. The number of methoxy groups -OCH3 is 1. The maximum Gasteiger partial charge on any atom is 0.338 e. The van der Waals surface area contributed by atoms with Gasteiger partial charge in [0.2, 0.25) is 0 Å². The molecule has 0 fully saturated rings. The number of allylic oxidation sites excluding steroid dienone is 1. The summed E-state index contributed by atoms with van der Waals surface area (Å²) in [6.45, 7) is 7.88. The van der Waals surface area contributed by atoms with Crippen molar-refractivity contribution in [1.82, 2.24) is 4.57 Å². The van der Waals surface area contributed by atoms with Crippen molar-refractivity contribution < 1.29 is 23.7 Å². The van der Waals surface area contributed by atoms with E-state index in [0.29, 0.717) is 55.6 Å². The third kappa shape index (κ3) is 6.31. The van der Waals surface area contributed by atoms with Crippen LogP contribution in [0.2, 0.25) is 0 Å². The van der Waals surface area contributed by atoms with Crippen molar-refractivity contribution in [2.75, 3.05) is 13.7 Å². The molecule has 1 aliphatic heterocycles. The van der Waals surface area contributed by atoms with E-state index in [1.165, 1.54) is 11.3 Å². The zero-order valence-electron chi connectivity index (χ0n) is 27.0. The number of nitrogens with zero attached hydrogens (tertiary/aromatic N) is 2. The Balaban J connectivity index is 1.48. The molecule has 0 unspecified atom stereocenters. The summed E-state index contributed by atoms with van der Waals surface area (Å²) in [6.07, 6.45) is 1.67. The van der Waals surface area contributed by atoms with Gasteiger partial charge in [-0.05, 0) is 62.2 Å². The first-order valence-corrected chi connectivity index (χ1v) is 16.3. The number of fused-ring (bicyclic) bond motifs is 2. The highest BCUT2D eigenvalue weighted by Crippen LogP contribution is 2.37. The lowest BCUT2D eigenvalue weighted by molar-refractivity contribution is -0.139. The number of ether oxygens (including phenoxy) is 4. The summed E-state index contributed by atoms with van der Waals surface area (Å²) >= 11 is 1.25. The van der Waals surface area contributed by atoms with Crippen molar-refractivity contribution in [3.8, 4) is 17.2 Å². The Morgan fingerprint density at radius 2 is 1.70 bits per heavy atom. The fraction of sp³-hybridized carbons (Fsp3) is 0.237. The van der Waals surface area contributed by atoms with E-state index >= 15 is 0 Å². The van der Waals surface area contributed by atoms with Crippen molar-refractivity contribution in [3.63, 3.8) is 0 Å². The van der Waals surface area contributed by atoms with Crippen molar-refractivity contribution >= 4 is 34.2 Å². The van der Waals surface area contributed by atoms with E-state index in [-0.39, 0.29) is 18.3 Å². The normalized spacial score (nSPS) is 14.6. The highest BCUT2D eigenvalue weighted by atomic mass is 32.1. The second-order valence-electron chi connectivity index (χ2n) is 11.3. The molecule has 47 heavy (non-hydrogen) atoms. The molecule has 8 nitrogen and oxygen atoms in total. The molecule has 240 valence electrons. The van der Waals surface area contributed by atoms with Crippen molar-refractivity contribution in [2.24, 2.45) is 4.99 Å². The summed E-state index contributed by atoms with van der Waals surface area (Å²) in [7, 11) is 1.59. The summed E-state index contributed by atoms with van der Waals surface area (Å²) in [4.78, 5) is 32.9. The van der Waals surface area contributed by atoms with Gasteiger partial charge in [-0.25, -0.2) is 9.79 Å². The molecule has 0 saturated carbocycles. The summed E-state index contributed by atoms with van der Waals surface area (Å²) in [6, 6.07) is 26.5. The average molecular weight is 649 g/mol. The predicted molar refractivity (Wildman–Crippen MR) is 184 cm³/mol. The van der Waals surface area contributed by atoms with Crippen LogP contribution in [0.15, 0.2) is 106 Å². The molecular weight excluding hydrogens is 612 g/mol. The molecule has 2 heterocycles. The Kier molecular flexibility index (Phi) is 9.26. The highest BCUT2D eigenvalue weighted by molar-refractivity contribution is 7.07. The number of benzene rings is 4. The molecule has 4 aromatic carbocycles. The van der Waals surface area contributed by atoms with E-state index in [0.717, 1.165) is 16.3 Å². The molecule has 1 aromatic heterocycles. The number of aromatic nitrogens is 1. The number of carbonyl (C=O) groups excluding carboxylic acids is 1. The van der Waals surface area contributed by atoms with E-state index in [1.807, 2.05) is 80.6 Å². The lowest BCUT2D eigenvalue weighted by Crippen LogP contribution is -2.40. The lowest BCUT2D eigenvalue weighted by Gasteiger charge is -2.26. The van der Waals surface area contributed by atoms with Gasteiger partial charge in [-0.2, -0.15) is 0 Å². The molecule has 9 heteroatoms. The molecule has 0 bridgehead atoms. The van der Waals surface area contributed by atoms with Crippen LogP contribution in [0.4, 0.5) is 0 Å². The summed E-state index contributed by atoms with van der Waals surface area (Å²) in [5.74, 6) is 1.12. The van der Waals surface area contributed by atoms with Gasteiger partial charge in [0.05, 0.1) is 35.6 Å². The quantitative estimate of drug-likeness (QED) is 0.165. The first kappa shape index (κ1) is 31.8. The van der Waals surface area contributed by atoms with Gasteiger partial charge in [0.1, 0.15) is 18.4 Å². The van der Waals surface area contributed by atoms with Gasteiger partial charge in [-0.15, -0.1) is 0 Å². The van der Waals surface area contributed by atoms with Crippen molar-refractivity contribution in [1.29, 1.82) is 0 Å². The molecule has 6 rings (SSSR count). The van der Waals surface area contributed by atoms with Crippen LogP contribution in [0, 0.1) is 0 Å². The maximum atomic E-state index is 14.4. The Morgan fingerprint density at radius 1 is 0.979 bits per heavy atom. The van der Waals surface area contributed by atoms with Crippen LogP contribution < -0.4 is 29.1 Å². The number of rotatable bonds is 10. The first-order chi connectivity index (χ1) is 22.8. The van der Waals surface area contributed by atoms with Crippen LogP contribution in [-0.2, 0) is 16.1 Å². The van der Waals surface area contributed by atoms with Crippen LogP contribution in [0.3, 0.4) is 0 Å². The van der Waals surface area contributed by atoms with Gasteiger partial charge in [-0.1, -0.05) is 84.1 Å². The Morgan fingerprint density at radius 3 is 2.49 bits per heavy atom. The van der Waals surface area contributed by atoms with Crippen LogP contribution in [0.5, 0.6) is 17.2 Å². The standard InChI is InChI=1S/C38H36N2O6S/c1-6-44-37(42)33-24(4)39-38-40(34(33)29-18-9-10-19-30(29)46-23(2)3)36(41)32(47-38)21-26-15-12-20-31(43-5)35(26)45-22-27-16-11-14-25-13-7-8-17-28(25)27/h7-21,23,34H,6,22H2,1-5H3/b32-21-/t34-/m0/s1. The van der Waals surface area contributed by atoms with Crippen LogP contribution in [0.25, 0.3) is 16.8 Å². The summed E-state index contributed by atoms with van der Waals surface area (Å²) in [5.41, 5.74) is 2.87. The van der Waals surface area contributed by atoms with Crippen molar-refractivity contribution in [2.45, 2.75) is 46.4 Å². The third-order valence-electron chi connectivity index (χ3n) is 7.86. The zero-order valence-corrected chi connectivity index (χ0v) is 27.8. The van der Waals surface area contributed by atoms with E-state index in [9.17, 15) is 9.59 Å². The van der Waals surface area contributed by atoms with Crippen molar-refractivity contribution in [3.05, 3.63) is 133 Å². The lowest BCUT2D eigenvalue weighted by atomic mass is 9.95. The fourth-order valence-electron chi connectivity index (χ4n) is 5.82. The maximum absolute atomic E-state index is 14.4. The molecule has 1 atom stereocenters. The van der Waals surface area contributed by atoms with E-state index in [4.69, 9.17) is 23.9 Å². The zero-order chi connectivity index (χ0) is 33.1. The van der Waals surface area contributed by atoms with E-state index in [2.05, 4.69) is 18.2 Å². The molecule has 0 radical (unpaired) electrons. The molecule has 5 aromatic rings. The van der Waals surface area contributed by atoms with Gasteiger partial charge in [-0.3, -0.25) is 9.36 Å². The Hall–Kier alpha value is -5.15. The second-order valence-corrected chi connectivity index (χ2v) is 12.3. The van der Waals surface area contributed by atoms with Crippen LogP contribution >= 0.6 is 11.3 Å². The van der Waals surface area contributed by atoms with Gasteiger partial charge in [0, 0.05) is 11.1 Å². The molecule has 0 amide bonds. The fourth-order valence-corrected chi connectivity index (χ4v) is 6.86. The third-order valence-corrected chi connectivity index (χ3v) is 8.84. The van der Waals surface area contributed by atoms with E-state index < -0.39 is 12.0 Å². The van der Waals surface area contributed by atoms with Gasteiger partial charge >= 0.3 is 5.97 Å². The first-order valence-electron chi connectivity index (χ1n) is 15.5. The smallest absolute Gasteiger partial charge is 0.338 e. The van der Waals surface area contributed by atoms with Gasteiger partial charge < -0.3 is 18.9 Å². The monoisotopic (exact) mass is 648 g/mol. The molecule has 0 spiro atoms. The molecule has 0 N–H and O–H groups in total. The molecular formula is C38H36N2O6S. The molecule has 0 saturated heterocycles.